The molecular formula is C16H19BrFNS. The highest BCUT2D eigenvalue weighted by Crippen LogP contribution is 2.31. The van der Waals surface area contributed by atoms with Gasteiger partial charge in [0.05, 0.1) is 6.04 Å². The molecule has 0 spiro atoms. The average Bonchev–Trinajstić information content (AvgIpc) is 2.92. The topological polar surface area (TPSA) is 12.0 Å². The van der Waals surface area contributed by atoms with E-state index in [1.807, 2.05) is 6.07 Å². The van der Waals surface area contributed by atoms with Crippen LogP contribution in [-0.4, -0.2) is 6.54 Å². The number of hydrogen-bond donors (Lipinski definition) is 1. The first kappa shape index (κ1) is 15.7. The Kier molecular flexibility index (Phi) is 5.75. The van der Waals surface area contributed by atoms with Gasteiger partial charge in [0.1, 0.15) is 5.82 Å². The Morgan fingerprint density at radius 2 is 2.05 bits per heavy atom. The summed E-state index contributed by atoms with van der Waals surface area (Å²) in [5.41, 5.74) is 0.706. The van der Waals surface area contributed by atoms with Crippen LogP contribution in [-0.2, 0) is 6.42 Å². The number of nitrogens with one attached hydrogen (secondary N) is 1. The van der Waals surface area contributed by atoms with Gasteiger partial charge in [-0.3, -0.25) is 0 Å². The molecule has 1 aromatic carbocycles. The maximum Gasteiger partial charge on any atom is 0.128 e. The molecule has 0 saturated carbocycles. The SMILES string of the molecule is CCCNC(c1ccc(CC)s1)c1cc(Br)ccc1F. The molecule has 2 rings (SSSR count). The first-order chi connectivity index (χ1) is 9.65. The average molecular weight is 356 g/mol. The second kappa shape index (κ2) is 7.34. The molecule has 1 aromatic heterocycles. The summed E-state index contributed by atoms with van der Waals surface area (Å²) < 4.78 is 15.1. The predicted molar refractivity (Wildman–Crippen MR) is 87.9 cm³/mol. The van der Waals surface area contributed by atoms with E-state index in [4.69, 9.17) is 0 Å². The molecule has 0 fully saturated rings. The number of rotatable bonds is 6. The van der Waals surface area contributed by atoms with Crippen LogP contribution in [0.5, 0.6) is 0 Å². The van der Waals surface area contributed by atoms with Gasteiger partial charge in [0.25, 0.3) is 0 Å². The van der Waals surface area contributed by atoms with E-state index >= 15 is 0 Å². The van der Waals surface area contributed by atoms with Gasteiger partial charge < -0.3 is 5.32 Å². The van der Waals surface area contributed by atoms with Crippen molar-refractivity contribution >= 4 is 27.3 Å². The van der Waals surface area contributed by atoms with Gasteiger partial charge in [-0.15, -0.1) is 11.3 Å². The second-order valence-electron chi connectivity index (χ2n) is 4.71. The summed E-state index contributed by atoms with van der Waals surface area (Å²) in [5.74, 6) is -0.159. The summed E-state index contributed by atoms with van der Waals surface area (Å²) in [6, 6.07) is 9.30. The summed E-state index contributed by atoms with van der Waals surface area (Å²) in [6.07, 6.45) is 2.05. The Bertz CT molecular complexity index is 567. The molecule has 0 aliphatic carbocycles. The van der Waals surface area contributed by atoms with Crippen molar-refractivity contribution in [2.45, 2.75) is 32.7 Å². The zero-order chi connectivity index (χ0) is 14.5. The maximum atomic E-state index is 14.2. The fourth-order valence-corrected chi connectivity index (χ4v) is 3.55. The molecule has 0 amide bonds. The summed E-state index contributed by atoms with van der Waals surface area (Å²) in [6.45, 7) is 5.13. The number of thiophene rings is 1. The van der Waals surface area contributed by atoms with Crippen LogP contribution in [0.25, 0.3) is 0 Å². The number of benzene rings is 1. The van der Waals surface area contributed by atoms with Crippen molar-refractivity contribution in [3.05, 3.63) is 55.9 Å². The summed E-state index contributed by atoms with van der Waals surface area (Å²) in [4.78, 5) is 2.51. The van der Waals surface area contributed by atoms with E-state index < -0.39 is 0 Å². The second-order valence-corrected chi connectivity index (χ2v) is 6.83. The van der Waals surface area contributed by atoms with E-state index in [9.17, 15) is 4.39 Å². The van der Waals surface area contributed by atoms with E-state index in [-0.39, 0.29) is 11.9 Å². The van der Waals surface area contributed by atoms with Gasteiger partial charge >= 0.3 is 0 Å². The van der Waals surface area contributed by atoms with Crippen molar-refractivity contribution in [3.63, 3.8) is 0 Å². The van der Waals surface area contributed by atoms with Crippen LogP contribution in [0.3, 0.4) is 0 Å². The first-order valence-corrected chi connectivity index (χ1v) is 8.53. The zero-order valence-electron chi connectivity index (χ0n) is 11.7. The highest BCUT2D eigenvalue weighted by molar-refractivity contribution is 9.10. The van der Waals surface area contributed by atoms with E-state index in [1.54, 1.807) is 17.4 Å². The summed E-state index contributed by atoms with van der Waals surface area (Å²) in [7, 11) is 0. The third-order valence-electron chi connectivity index (χ3n) is 3.18. The molecule has 1 atom stereocenters. The smallest absolute Gasteiger partial charge is 0.128 e. The van der Waals surface area contributed by atoms with Crippen LogP contribution in [0, 0.1) is 5.82 Å². The molecule has 0 saturated heterocycles. The van der Waals surface area contributed by atoms with Crippen LogP contribution in [0.4, 0.5) is 4.39 Å². The molecule has 1 unspecified atom stereocenters. The molecule has 0 bridgehead atoms. The lowest BCUT2D eigenvalue weighted by atomic mass is 10.0. The Balaban J connectivity index is 2.38. The van der Waals surface area contributed by atoms with Crippen molar-refractivity contribution < 1.29 is 4.39 Å². The Morgan fingerprint density at radius 3 is 2.70 bits per heavy atom. The number of aryl methyl sites for hydroxylation is 1. The van der Waals surface area contributed by atoms with Crippen molar-refractivity contribution in [3.8, 4) is 0 Å². The highest BCUT2D eigenvalue weighted by Gasteiger charge is 2.19. The minimum absolute atomic E-state index is 0.0715. The quantitative estimate of drug-likeness (QED) is 0.741. The van der Waals surface area contributed by atoms with E-state index in [1.165, 1.54) is 15.8 Å². The molecule has 0 aliphatic heterocycles. The fraction of sp³-hybridized carbons (Fsp3) is 0.375. The third kappa shape index (κ3) is 3.68. The zero-order valence-corrected chi connectivity index (χ0v) is 14.2. The monoisotopic (exact) mass is 355 g/mol. The van der Waals surface area contributed by atoms with Crippen LogP contribution in [0.1, 0.15) is 41.6 Å². The van der Waals surface area contributed by atoms with Gasteiger partial charge in [-0.1, -0.05) is 29.8 Å². The van der Waals surface area contributed by atoms with Gasteiger partial charge in [-0.05, 0) is 49.7 Å². The summed E-state index contributed by atoms with van der Waals surface area (Å²) >= 11 is 5.19. The Morgan fingerprint density at radius 1 is 1.25 bits per heavy atom. The molecule has 20 heavy (non-hydrogen) atoms. The number of halogens is 2. The molecule has 1 nitrogen and oxygen atoms in total. The van der Waals surface area contributed by atoms with Gasteiger partial charge in [0.15, 0.2) is 0 Å². The lowest BCUT2D eigenvalue weighted by molar-refractivity contribution is 0.550. The molecule has 108 valence electrons. The minimum atomic E-state index is -0.159. The fourth-order valence-electron chi connectivity index (χ4n) is 2.13. The van der Waals surface area contributed by atoms with E-state index in [0.717, 1.165) is 23.9 Å². The van der Waals surface area contributed by atoms with Gasteiger partial charge in [0.2, 0.25) is 0 Å². The van der Waals surface area contributed by atoms with Gasteiger partial charge in [0, 0.05) is 19.8 Å². The Hall–Kier alpha value is -0.710. The van der Waals surface area contributed by atoms with Crippen LogP contribution >= 0.6 is 27.3 Å². The Labute approximate surface area is 132 Å². The standard InChI is InChI=1S/C16H19BrFNS/c1-3-9-19-16(15-8-6-12(4-2)20-15)13-10-11(17)5-7-14(13)18/h5-8,10,16,19H,3-4,9H2,1-2H3. The van der Waals surface area contributed by atoms with Crippen LogP contribution in [0.15, 0.2) is 34.8 Å². The molecule has 2 aromatic rings. The first-order valence-electron chi connectivity index (χ1n) is 6.92. The van der Waals surface area contributed by atoms with Crippen LogP contribution in [0.2, 0.25) is 0 Å². The minimum Gasteiger partial charge on any atom is -0.306 e. The lowest BCUT2D eigenvalue weighted by Crippen LogP contribution is -2.23. The highest BCUT2D eigenvalue weighted by atomic mass is 79.9. The van der Waals surface area contributed by atoms with Crippen molar-refractivity contribution in [2.24, 2.45) is 0 Å². The van der Waals surface area contributed by atoms with E-state index in [0.29, 0.717) is 5.56 Å². The van der Waals surface area contributed by atoms with Crippen LogP contribution < -0.4 is 5.32 Å². The molecule has 0 aliphatic rings. The van der Waals surface area contributed by atoms with Crippen molar-refractivity contribution in [1.82, 2.24) is 5.32 Å². The van der Waals surface area contributed by atoms with E-state index in [2.05, 4.69) is 47.2 Å². The van der Waals surface area contributed by atoms with Crippen molar-refractivity contribution in [2.75, 3.05) is 6.54 Å². The molecular weight excluding hydrogens is 337 g/mol. The predicted octanol–water partition coefficient (Wildman–Crippen LogP) is 5.30. The third-order valence-corrected chi connectivity index (χ3v) is 4.97. The largest absolute Gasteiger partial charge is 0.306 e. The normalized spacial score (nSPS) is 12.6. The van der Waals surface area contributed by atoms with Gasteiger partial charge in [-0.25, -0.2) is 4.39 Å². The lowest BCUT2D eigenvalue weighted by Gasteiger charge is -2.18. The van der Waals surface area contributed by atoms with Crippen molar-refractivity contribution in [1.29, 1.82) is 0 Å². The molecule has 1 N–H and O–H groups in total. The van der Waals surface area contributed by atoms with Gasteiger partial charge in [-0.2, -0.15) is 0 Å². The maximum absolute atomic E-state index is 14.2. The summed E-state index contributed by atoms with van der Waals surface area (Å²) in [5, 5.41) is 3.46. The molecule has 0 radical (unpaired) electrons. The number of hydrogen-bond acceptors (Lipinski definition) is 2. The molecule has 4 heteroatoms. The molecule has 1 heterocycles.